The fraction of sp³-hybridized carbons (Fsp3) is 0.471. The van der Waals surface area contributed by atoms with Gasteiger partial charge in [-0.3, -0.25) is 4.79 Å². The maximum atomic E-state index is 11.6. The van der Waals surface area contributed by atoms with Crippen molar-refractivity contribution in [2.24, 2.45) is 5.73 Å². The van der Waals surface area contributed by atoms with Crippen molar-refractivity contribution in [1.29, 1.82) is 0 Å². The van der Waals surface area contributed by atoms with Crippen molar-refractivity contribution >= 4 is 28.3 Å². The molecule has 0 aromatic carbocycles. The van der Waals surface area contributed by atoms with Crippen LogP contribution in [0.2, 0.25) is 5.15 Å². The summed E-state index contributed by atoms with van der Waals surface area (Å²) < 4.78 is 11.1. The van der Waals surface area contributed by atoms with Crippen LogP contribution >= 0.6 is 11.6 Å². The van der Waals surface area contributed by atoms with Gasteiger partial charge in [0, 0.05) is 25.9 Å². The molecule has 1 amide bonds. The molecular weight excluding hydrogens is 344 g/mol. The second kappa shape index (κ2) is 7.51. The first-order valence-corrected chi connectivity index (χ1v) is 8.54. The van der Waals surface area contributed by atoms with Crippen molar-refractivity contribution in [2.75, 3.05) is 26.8 Å². The molecule has 1 unspecified atom stereocenters. The van der Waals surface area contributed by atoms with Crippen molar-refractivity contribution < 1.29 is 14.3 Å². The molecule has 134 valence electrons. The minimum atomic E-state index is -0.325. The van der Waals surface area contributed by atoms with Crippen LogP contribution in [0.15, 0.2) is 18.5 Å². The first-order chi connectivity index (χ1) is 12.0. The van der Waals surface area contributed by atoms with E-state index in [0.29, 0.717) is 37.2 Å². The molecule has 1 saturated heterocycles. The van der Waals surface area contributed by atoms with Crippen LogP contribution in [0.25, 0.3) is 10.8 Å². The normalized spacial score (nSPS) is 15.9. The molecule has 1 atom stereocenters. The van der Waals surface area contributed by atoms with Gasteiger partial charge in [-0.1, -0.05) is 18.5 Å². The Morgan fingerprint density at radius 3 is 2.84 bits per heavy atom. The van der Waals surface area contributed by atoms with Gasteiger partial charge in [0.25, 0.3) is 0 Å². The molecule has 2 aromatic rings. The van der Waals surface area contributed by atoms with Crippen molar-refractivity contribution in [3.8, 4) is 5.88 Å². The first-order valence-electron chi connectivity index (χ1n) is 8.16. The number of hydrogen-bond donors (Lipinski definition) is 1. The van der Waals surface area contributed by atoms with Crippen molar-refractivity contribution in [3.05, 3.63) is 29.2 Å². The number of nitrogens with two attached hydrogens (primary N) is 1. The quantitative estimate of drug-likeness (QED) is 0.787. The molecule has 7 nitrogen and oxygen atoms in total. The molecule has 1 fully saturated rings. The Morgan fingerprint density at radius 1 is 1.40 bits per heavy atom. The van der Waals surface area contributed by atoms with Crippen molar-refractivity contribution in [1.82, 2.24) is 14.9 Å². The number of halogens is 1. The number of methoxy groups -OCH3 is 1. The van der Waals surface area contributed by atoms with Gasteiger partial charge in [0.1, 0.15) is 11.3 Å². The fourth-order valence-electron chi connectivity index (χ4n) is 2.86. The largest absolute Gasteiger partial charge is 0.470 e. The van der Waals surface area contributed by atoms with Gasteiger partial charge < -0.3 is 20.1 Å². The van der Waals surface area contributed by atoms with E-state index in [4.69, 9.17) is 26.8 Å². The van der Waals surface area contributed by atoms with Crippen molar-refractivity contribution in [2.45, 2.75) is 25.5 Å². The fourth-order valence-corrected chi connectivity index (χ4v) is 3.02. The third kappa shape index (κ3) is 3.68. The molecule has 25 heavy (non-hydrogen) atoms. The van der Waals surface area contributed by atoms with E-state index in [1.54, 1.807) is 30.5 Å². The topological polar surface area (TPSA) is 90.6 Å². The second-order valence-corrected chi connectivity index (χ2v) is 6.41. The summed E-state index contributed by atoms with van der Waals surface area (Å²) in [4.78, 5) is 21.9. The zero-order chi connectivity index (χ0) is 18.0. The summed E-state index contributed by atoms with van der Waals surface area (Å²) in [6, 6.07) is 1.43. The van der Waals surface area contributed by atoms with Crippen LogP contribution in [0.1, 0.15) is 24.9 Å². The monoisotopic (exact) mass is 364 g/mol. The second-order valence-electron chi connectivity index (χ2n) is 6.03. The summed E-state index contributed by atoms with van der Waals surface area (Å²) in [5, 5.41) is 1.96. The number of nitrogens with zero attached hydrogens (tertiary/aromatic N) is 3. The lowest BCUT2D eigenvalue weighted by atomic mass is 10.0. The lowest BCUT2D eigenvalue weighted by Gasteiger charge is -2.38. The highest BCUT2D eigenvalue weighted by Gasteiger charge is 2.32. The maximum Gasteiger partial charge on any atom is 0.223 e. The minimum absolute atomic E-state index is 0.0691. The van der Waals surface area contributed by atoms with Gasteiger partial charge in [0.05, 0.1) is 31.1 Å². The third-order valence-electron chi connectivity index (χ3n) is 4.26. The predicted molar refractivity (Wildman–Crippen MR) is 94.6 cm³/mol. The average molecular weight is 365 g/mol. The highest BCUT2D eigenvalue weighted by molar-refractivity contribution is 6.30. The summed E-state index contributed by atoms with van der Waals surface area (Å²) >= 11 is 6.05. The van der Waals surface area contributed by atoms with Gasteiger partial charge in [-0.15, -0.1) is 0 Å². The molecule has 3 rings (SSSR count). The summed E-state index contributed by atoms with van der Waals surface area (Å²) in [5.41, 5.74) is 6.99. The molecule has 0 saturated carbocycles. The Morgan fingerprint density at radius 2 is 2.16 bits per heavy atom. The molecule has 8 heteroatoms. The molecule has 1 aliphatic rings. The highest BCUT2D eigenvalue weighted by Crippen LogP contribution is 2.31. The van der Waals surface area contributed by atoms with Gasteiger partial charge in [-0.2, -0.15) is 0 Å². The first kappa shape index (κ1) is 17.8. The Balaban J connectivity index is 1.85. The van der Waals surface area contributed by atoms with Gasteiger partial charge in [0.15, 0.2) is 0 Å². The molecule has 0 spiro atoms. The van der Waals surface area contributed by atoms with E-state index in [-0.39, 0.29) is 18.1 Å². The van der Waals surface area contributed by atoms with Gasteiger partial charge in [-0.05, 0) is 17.0 Å². The van der Waals surface area contributed by atoms with Gasteiger partial charge in [-0.25, -0.2) is 9.97 Å². The van der Waals surface area contributed by atoms with Crippen molar-refractivity contribution in [3.63, 3.8) is 0 Å². The average Bonchev–Trinajstić information content (AvgIpc) is 2.56. The zero-order valence-electron chi connectivity index (χ0n) is 14.2. The number of amides is 1. The number of carbonyl (C=O) groups excluding carboxylic acids is 1. The van der Waals surface area contributed by atoms with E-state index < -0.39 is 0 Å². The van der Waals surface area contributed by atoms with E-state index in [1.165, 1.54) is 0 Å². The van der Waals surface area contributed by atoms with E-state index in [9.17, 15) is 4.79 Å². The van der Waals surface area contributed by atoms with E-state index in [2.05, 4.69) is 9.97 Å². The molecule has 1 aliphatic heterocycles. The number of likely N-dealkylation sites (tertiary alicyclic amines) is 1. The molecule has 2 aromatic heterocycles. The Labute approximate surface area is 151 Å². The van der Waals surface area contributed by atoms with Crippen LogP contribution < -0.4 is 10.5 Å². The van der Waals surface area contributed by atoms with Gasteiger partial charge in [0.2, 0.25) is 11.8 Å². The van der Waals surface area contributed by atoms with Gasteiger partial charge >= 0.3 is 0 Å². The lowest BCUT2D eigenvalue weighted by molar-refractivity contribution is -0.139. The summed E-state index contributed by atoms with van der Waals surface area (Å²) in [7, 11) is 1.60. The molecular formula is C17H21ClN4O3. The van der Waals surface area contributed by atoms with E-state index in [1.807, 2.05) is 6.92 Å². The zero-order valence-corrected chi connectivity index (χ0v) is 15.0. The SMILES string of the molecule is CCC(=O)N1CC(Oc2ncc(C(N)COC)c3cc(Cl)ncc23)C1. The molecule has 3 heterocycles. The summed E-state index contributed by atoms with van der Waals surface area (Å²) in [5.74, 6) is 0.605. The van der Waals surface area contributed by atoms with Crippen LogP contribution in [-0.2, 0) is 9.53 Å². The number of pyridine rings is 2. The van der Waals surface area contributed by atoms with Crippen LogP contribution in [0, 0.1) is 0 Å². The predicted octanol–water partition coefficient (Wildman–Crippen LogP) is 1.93. The number of aromatic nitrogens is 2. The molecule has 0 bridgehead atoms. The number of hydrogen-bond acceptors (Lipinski definition) is 6. The van der Waals surface area contributed by atoms with Crippen LogP contribution in [0.3, 0.4) is 0 Å². The molecule has 0 aliphatic carbocycles. The smallest absolute Gasteiger partial charge is 0.223 e. The maximum absolute atomic E-state index is 11.6. The van der Waals surface area contributed by atoms with E-state index in [0.717, 1.165) is 16.3 Å². The number of rotatable bonds is 6. The summed E-state index contributed by atoms with van der Waals surface area (Å²) in [6.07, 6.45) is 3.75. The number of carbonyl (C=O) groups is 1. The van der Waals surface area contributed by atoms with Crippen LogP contribution in [-0.4, -0.2) is 53.7 Å². The van der Waals surface area contributed by atoms with E-state index >= 15 is 0 Å². The number of fused-ring (bicyclic) bond motifs is 1. The number of ether oxygens (including phenoxy) is 2. The highest BCUT2D eigenvalue weighted by atomic mass is 35.5. The molecule has 0 radical (unpaired) electrons. The van der Waals surface area contributed by atoms with Crippen LogP contribution in [0.4, 0.5) is 0 Å². The minimum Gasteiger partial charge on any atom is -0.470 e. The summed E-state index contributed by atoms with van der Waals surface area (Å²) in [6.45, 7) is 3.36. The Bertz CT molecular complexity index is 780. The Hall–Kier alpha value is -1.96. The molecule has 2 N–H and O–H groups in total. The third-order valence-corrected chi connectivity index (χ3v) is 4.47. The lowest BCUT2D eigenvalue weighted by Crippen LogP contribution is -2.56. The standard InChI is InChI=1S/C17H21ClN4O3/c1-3-16(23)22-7-10(8-22)25-17-13-6-20-15(18)4-11(13)12(5-21-17)14(19)9-24-2/h4-6,10,14H,3,7-9,19H2,1-2H3. The Kier molecular flexibility index (Phi) is 5.36. The van der Waals surface area contributed by atoms with Crippen LogP contribution in [0.5, 0.6) is 5.88 Å².